The van der Waals surface area contributed by atoms with Gasteiger partial charge in [0.1, 0.15) is 24.7 Å². The van der Waals surface area contributed by atoms with Crippen molar-refractivity contribution in [1.82, 2.24) is 0 Å². The van der Waals surface area contributed by atoms with Gasteiger partial charge in [-0.25, -0.2) is 14.5 Å². The Kier molecular flexibility index (Phi) is 4.49. The predicted molar refractivity (Wildman–Crippen MR) is 110 cm³/mol. The number of ether oxygens (including phenoxy) is 3. The van der Waals surface area contributed by atoms with Crippen molar-refractivity contribution in [3.63, 3.8) is 0 Å². The van der Waals surface area contributed by atoms with E-state index in [1.807, 2.05) is 0 Å². The Bertz CT molecular complexity index is 1130. The highest BCUT2D eigenvalue weighted by Gasteiger charge is 2.81. The van der Waals surface area contributed by atoms with Gasteiger partial charge in [-0.15, -0.1) is 0 Å². The molecule has 4 atom stereocenters. The Balaban J connectivity index is 1.72. The third-order valence-corrected chi connectivity index (χ3v) is 6.22. The molecule has 0 saturated carbocycles. The minimum Gasteiger partial charge on any atom is -0.460 e. The molecule has 2 amide bonds. The molecule has 5 rings (SSSR count). The molecule has 0 N–H and O–H groups in total. The van der Waals surface area contributed by atoms with Gasteiger partial charge in [0.2, 0.25) is 11.8 Å². The van der Waals surface area contributed by atoms with Crippen LogP contribution in [0.2, 0.25) is 0 Å². The second-order valence-corrected chi connectivity index (χ2v) is 7.86. The molecule has 8 nitrogen and oxygen atoms in total. The number of fused-ring (bicyclic) bond motifs is 5. The summed E-state index contributed by atoms with van der Waals surface area (Å²) in [6.45, 7) is 2.99. The molecule has 2 bridgehead atoms. The summed E-state index contributed by atoms with van der Waals surface area (Å²) < 4.78 is 16.7. The molecule has 0 aliphatic carbocycles. The molecule has 3 aliphatic heterocycles. The predicted octanol–water partition coefficient (Wildman–Crippen LogP) is 1.74. The molecule has 0 radical (unpaired) electrons. The van der Waals surface area contributed by atoms with Crippen molar-refractivity contribution in [3.8, 4) is 0 Å². The number of nitrogens with zero attached hydrogens (tertiary/aromatic N) is 1. The third-order valence-electron chi connectivity index (χ3n) is 6.22. The van der Waals surface area contributed by atoms with Crippen molar-refractivity contribution in [2.45, 2.75) is 11.2 Å². The molecule has 3 aliphatic rings. The van der Waals surface area contributed by atoms with Gasteiger partial charge < -0.3 is 14.2 Å². The van der Waals surface area contributed by atoms with Crippen LogP contribution < -0.4 is 4.90 Å². The van der Waals surface area contributed by atoms with E-state index in [4.69, 9.17) is 14.2 Å². The van der Waals surface area contributed by atoms with Gasteiger partial charge in [-0.3, -0.25) is 9.59 Å². The topological polar surface area (TPSA) is 99.2 Å². The molecule has 3 saturated heterocycles. The highest BCUT2D eigenvalue weighted by Crippen LogP contribution is 2.60. The van der Waals surface area contributed by atoms with Gasteiger partial charge in [0, 0.05) is 0 Å². The highest BCUT2D eigenvalue weighted by atomic mass is 16.7. The zero-order valence-electron chi connectivity index (χ0n) is 16.9. The van der Waals surface area contributed by atoms with E-state index < -0.39 is 46.8 Å². The Morgan fingerprint density at radius 3 is 2.31 bits per heavy atom. The van der Waals surface area contributed by atoms with Crippen molar-refractivity contribution in [3.05, 3.63) is 78.9 Å². The zero-order chi connectivity index (χ0) is 22.5. The average Bonchev–Trinajstić information content (AvgIpc) is 3.25. The van der Waals surface area contributed by atoms with Gasteiger partial charge >= 0.3 is 11.9 Å². The van der Waals surface area contributed by atoms with Gasteiger partial charge in [0.05, 0.1) is 11.6 Å². The summed E-state index contributed by atoms with van der Waals surface area (Å²) >= 11 is 0. The molecule has 3 fully saturated rings. The number of amides is 2. The van der Waals surface area contributed by atoms with Crippen LogP contribution >= 0.6 is 0 Å². The number of para-hydroxylation sites is 1. The van der Waals surface area contributed by atoms with Gasteiger partial charge in [0.15, 0.2) is 0 Å². The standard InChI is InChI=1S/C24H19NO7/c1-2-13-30-21(28)24-18-17(19(26)25(20(18)27)16-11-7-4-8-12-16)23(32-24,14-31-22(24)29)15-9-5-3-6-10-15/h2-12,17-18H,1,13-14H2. The normalized spacial score (nSPS) is 30.6. The SMILES string of the molecule is C=CCOC(=O)C12OC(c3ccccc3)(COC1=O)C1C(=O)N(c3ccccc3)C(=O)C12. The number of esters is 2. The summed E-state index contributed by atoms with van der Waals surface area (Å²) in [4.78, 5) is 54.6. The van der Waals surface area contributed by atoms with Crippen LogP contribution in [0.3, 0.4) is 0 Å². The zero-order valence-corrected chi connectivity index (χ0v) is 16.9. The number of imide groups is 1. The van der Waals surface area contributed by atoms with Crippen LogP contribution in [-0.2, 0) is 39.0 Å². The van der Waals surface area contributed by atoms with Crippen molar-refractivity contribution >= 4 is 29.4 Å². The van der Waals surface area contributed by atoms with Gasteiger partial charge in [0.25, 0.3) is 5.60 Å². The van der Waals surface area contributed by atoms with Crippen LogP contribution in [0.25, 0.3) is 0 Å². The number of anilines is 1. The molecule has 2 aromatic rings. The number of cyclic esters (lactones) is 1. The number of carbonyl (C=O) groups is 4. The molecule has 0 aromatic heterocycles. The summed E-state index contributed by atoms with van der Waals surface area (Å²) in [6.07, 6.45) is 1.33. The first-order valence-corrected chi connectivity index (χ1v) is 10.1. The first kappa shape index (κ1) is 20.1. The minimum absolute atomic E-state index is 0.197. The van der Waals surface area contributed by atoms with E-state index in [-0.39, 0.29) is 13.2 Å². The summed E-state index contributed by atoms with van der Waals surface area (Å²) in [5.74, 6) is -5.97. The van der Waals surface area contributed by atoms with E-state index >= 15 is 0 Å². The van der Waals surface area contributed by atoms with Crippen LogP contribution in [0.5, 0.6) is 0 Å². The first-order valence-electron chi connectivity index (χ1n) is 10.1. The van der Waals surface area contributed by atoms with Crippen LogP contribution in [0, 0.1) is 11.8 Å². The molecule has 3 heterocycles. The summed E-state index contributed by atoms with van der Waals surface area (Å²) in [5, 5.41) is 0. The monoisotopic (exact) mass is 433 g/mol. The number of benzene rings is 2. The van der Waals surface area contributed by atoms with E-state index in [0.717, 1.165) is 4.90 Å². The number of rotatable bonds is 5. The Morgan fingerprint density at radius 1 is 1.03 bits per heavy atom. The van der Waals surface area contributed by atoms with E-state index in [1.54, 1.807) is 60.7 Å². The molecule has 4 unspecified atom stereocenters. The van der Waals surface area contributed by atoms with Crippen LogP contribution in [0.15, 0.2) is 73.3 Å². The highest BCUT2D eigenvalue weighted by molar-refractivity contribution is 6.27. The van der Waals surface area contributed by atoms with Crippen molar-refractivity contribution in [2.24, 2.45) is 11.8 Å². The lowest BCUT2D eigenvalue weighted by atomic mass is 9.75. The fourth-order valence-corrected chi connectivity index (χ4v) is 4.90. The largest absolute Gasteiger partial charge is 0.460 e. The lowest BCUT2D eigenvalue weighted by Gasteiger charge is -2.39. The Labute approximate surface area is 183 Å². The van der Waals surface area contributed by atoms with Crippen molar-refractivity contribution < 1.29 is 33.4 Å². The molecule has 32 heavy (non-hydrogen) atoms. The molecule has 8 heteroatoms. The maximum Gasteiger partial charge on any atom is 0.351 e. The number of hydrogen-bond acceptors (Lipinski definition) is 7. The molecule has 162 valence electrons. The van der Waals surface area contributed by atoms with Crippen molar-refractivity contribution in [2.75, 3.05) is 18.1 Å². The number of carbonyl (C=O) groups excluding carboxylic acids is 4. The minimum atomic E-state index is -2.39. The second-order valence-electron chi connectivity index (χ2n) is 7.86. The third kappa shape index (κ3) is 2.47. The fourth-order valence-electron chi connectivity index (χ4n) is 4.90. The summed E-state index contributed by atoms with van der Waals surface area (Å²) in [5.41, 5.74) is -3.03. The molecule has 0 spiro atoms. The van der Waals surface area contributed by atoms with Gasteiger partial charge in [-0.2, -0.15) is 0 Å². The van der Waals surface area contributed by atoms with E-state index in [1.165, 1.54) is 6.08 Å². The Hall–Kier alpha value is -3.78. The lowest BCUT2D eigenvalue weighted by molar-refractivity contribution is -0.231. The fraction of sp³-hybridized carbons (Fsp3) is 0.250. The molecular weight excluding hydrogens is 414 g/mol. The second kappa shape index (κ2) is 7.13. The first-order chi connectivity index (χ1) is 15.5. The molecular formula is C24H19NO7. The van der Waals surface area contributed by atoms with Crippen LogP contribution in [0.4, 0.5) is 5.69 Å². The van der Waals surface area contributed by atoms with Crippen molar-refractivity contribution in [1.29, 1.82) is 0 Å². The quantitative estimate of drug-likeness (QED) is 0.307. The average molecular weight is 433 g/mol. The summed E-state index contributed by atoms with van der Waals surface area (Å²) in [6, 6.07) is 17.1. The van der Waals surface area contributed by atoms with Gasteiger partial charge in [-0.05, 0) is 17.7 Å². The maximum atomic E-state index is 13.7. The Morgan fingerprint density at radius 2 is 1.66 bits per heavy atom. The lowest BCUT2D eigenvalue weighted by Crippen LogP contribution is -2.60. The van der Waals surface area contributed by atoms with E-state index in [2.05, 4.69) is 6.58 Å². The smallest absolute Gasteiger partial charge is 0.351 e. The van der Waals surface area contributed by atoms with Crippen LogP contribution in [0.1, 0.15) is 5.56 Å². The van der Waals surface area contributed by atoms with E-state index in [0.29, 0.717) is 11.3 Å². The molecule has 2 aromatic carbocycles. The summed E-state index contributed by atoms with van der Waals surface area (Å²) in [7, 11) is 0. The van der Waals surface area contributed by atoms with Crippen LogP contribution in [-0.4, -0.2) is 42.6 Å². The van der Waals surface area contributed by atoms with Gasteiger partial charge in [-0.1, -0.05) is 61.2 Å². The van der Waals surface area contributed by atoms with E-state index in [9.17, 15) is 19.2 Å². The number of hydrogen-bond donors (Lipinski definition) is 0. The maximum absolute atomic E-state index is 13.7.